The van der Waals surface area contributed by atoms with E-state index in [0.29, 0.717) is 6.54 Å². The van der Waals surface area contributed by atoms with Gasteiger partial charge in [0, 0.05) is 6.54 Å². The molecular formula is C24H28N2O4S. The smallest absolute Gasteiger partial charge is 0.287 e. The van der Waals surface area contributed by atoms with E-state index in [2.05, 4.69) is 36.5 Å². The van der Waals surface area contributed by atoms with E-state index in [0.717, 1.165) is 12.0 Å². The highest BCUT2D eigenvalue weighted by Gasteiger charge is 2.20. The van der Waals surface area contributed by atoms with E-state index in [9.17, 15) is 13.2 Å². The van der Waals surface area contributed by atoms with Gasteiger partial charge in [0.1, 0.15) is 11.5 Å². The highest BCUT2D eigenvalue weighted by atomic mass is 32.2. The number of likely N-dealkylation sites (N-methyl/N-ethyl adjacent to an activating group) is 1. The average molecular weight is 441 g/mol. The Morgan fingerprint density at radius 2 is 1.68 bits per heavy atom. The summed E-state index contributed by atoms with van der Waals surface area (Å²) in [5.74, 6) is -0.347. The molecule has 7 heteroatoms. The standard InChI is InChI=1S/C24H28N2O4S/c1-4-18-10-12-19(13-11-18)22(26(2)3)16-25-24(27)23-15-14-20(30-23)17-31(28,29)21-8-6-5-7-9-21/h5-15,22H,4,16-17H2,1-3H3,(H,25,27). The van der Waals surface area contributed by atoms with Crippen LogP contribution in [0.1, 0.15) is 40.4 Å². The molecule has 0 radical (unpaired) electrons. The lowest BCUT2D eigenvalue weighted by Crippen LogP contribution is -2.34. The number of sulfone groups is 1. The second kappa shape index (κ2) is 9.94. The van der Waals surface area contributed by atoms with Gasteiger partial charge in [0.05, 0.1) is 10.9 Å². The molecule has 0 bridgehead atoms. The van der Waals surface area contributed by atoms with Crippen molar-refractivity contribution < 1.29 is 17.6 Å². The second-order valence-corrected chi connectivity index (χ2v) is 9.61. The molecule has 0 saturated heterocycles. The molecule has 3 aromatic rings. The molecule has 6 nitrogen and oxygen atoms in total. The van der Waals surface area contributed by atoms with Gasteiger partial charge in [0.25, 0.3) is 5.91 Å². The molecule has 1 amide bonds. The molecule has 164 valence electrons. The van der Waals surface area contributed by atoms with E-state index in [1.165, 1.54) is 17.7 Å². The fourth-order valence-corrected chi connectivity index (χ4v) is 4.59. The lowest BCUT2D eigenvalue weighted by atomic mass is 10.0. The second-order valence-electron chi connectivity index (χ2n) is 7.62. The Morgan fingerprint density at radius 1 is 1.00 bits per heavy atom. The Labute approximate surface area is 183 Å². The fourth-order valence-electron chi connectivity index (χ4n) is 3.33. The number of carbonyl (C=O) groups excluding carboxylic acids is 1. The number of aryl methyl sites for hydroxylation is 1. The summed E-state index contributed by atoms with van der Waals surface area (Å²) < 4.78 is 30.5. The fraction of sp³-hybridized carbons (Fsp3) is 0.292. The van der Waals surface area contributed by atoms with Crippen LogP contribution < -0.4 is 5.32 Å². The van der Waals surface area contributed by atoms with E-state index in [-0.39, 0.29) is 34.1 Å². The molecule has 0 fully saturated rings. The van der Waals surface area contributed by atoms with Crippen molar-refractivity contribution in [3.8, 4) is 0 Å². The molecule has 0 saturated carbocycles. The summed E-state index contributed by atoms with van der Waals surface area (Å²) in [6, 6.07) is 19.6. The zero-order valence-corrected chi connectivity index (χ0v) is 18.9. The van der Waals surface area contributed by atoms with Crippen LogP contribution in [0.3, 0.4) is 0 Å². The van der Waals surface area contributed by atoms with Crippen LogP contribution in [-0.2, 0) is 22.0 Å². The Bertz CT molecular complexity index is 1100. The zero-order valence-electron chi connectivity index (χ0n) is 18.0. The van der Waals surface area contributed by atoms with Crippen molar-refractivity contribution in [3.63, 3.8) is 0 Å². The van der Waals surface area contributed by atoms with Crippen molar-refractivity contribution >= 4 is 15.7 Å². The number of benzene rings is 2. The van der Waals surface area contributed by atoms with E-state index in [1.54, 1.807) is 30.3 Å². The van der Waals surface area contributed by atoms with Crippen molar-refractivity contribution in [1.29, 1.82) is 0 Å². The summed E-state index contributed by atoms with van der Waals surface area (Å²) in [6.07, 6.45) is 0.977. The molecule has 31 heavy (non-hydrogen) atoms. The van der Waals surface area contributed by atoms with E-state index < -0.39 is 9.84 Å². The predicted octanol–water partition coefficient (Wildman–Crippen LogP) is 3.85. The number of rotatable bonds is 9. The molecular weight excluding hydrogens is 412 g/mol. The van der Waals surface area contributed by atoms with E-state index in [1.807, 2.05) is 19.0 Å². The van der Waals surface area contributed by atoms with Gasteiger partial charge in [-0.05, 0) is 55.9 Å². The average Bonchev–Trinajstić information content (AvgIpc) is 3.22. The van der Waals surface area contributed by atoms with Gasteiger partial charge >= 0.3 is 0 Å². The first-order valence-electron chi connectivity index (χ1n) is 10.2. The molecule has 1 unspecified atom stereocenters. The van der Waals surface area contributed by atoms with Crippen LogP contribution in [0, 0.1) is 0 Å². The summed E-state index contributed by atoms with van der Waals surface area (Å²) >= 11 is 0. The third-order valence-electron chi connectivity index (χ3n) is 5.17. The summed E-state index contributed by atoms with van der Waals surface area (Å²) in [4.78, 5) is 14.8. The van der Waals surface area contributed by atoms with Gasteiger partial charge in [-0.15, -0.1) is 0 Å². The quantitative estimate of drug-likeness (QED) is 0.547. The summed E-state index contributed by atoms with van der Waals surface area (Å²) in [5.41, 5.74) is 2.37. The minimum atomic E-state index is -3.54. The predicted molar refractivity (Wildman–Crippen MR) is 121 cm³/mol. The highest BCUT2D eigenvalue weighted by molar-refractivity contribution is 7.90. The van der Waals surface area contributed by atoms with Crippen molar-refractivity contribution in [2.24, 2.45) is 0 Å². The van der Waals surface area contributed by atoms with Gasteiger partial charge in [0.15, 0.2) is 15.6 Å². The normalized spacial score (nSPS) is 12.6. The van der Waals surface area contributed by atoms with Crippen LogP contribution in [0.4, 0.5) is 0 Å². The zero-order chi connectivity index (χ0) is 22.4. The highest BCUT2D eigenvalue weighted by Crippen LogP contribution is 2.20. The molecule has 0 spiro atoms. The molecule has 3 rings (SSSR count). The largest absolute Gasteiger partial charge is 0.455 e. The lowest BCUT2D eigenvalue weighted by Gasteiger charge is -2.25. The summed E-state index contributed by atoms with van der Waals surface area (Å²) in [5, 5.41) is 2.89. The van der Waals surface area contributed by atoms with Gasteiger partial charge in [-0.25, -0.2) is 8.42 Å². The van der Waals surface area contributed by atoms with Gasteiger partial charge in [-0.2, -0.15) is 0 Å². The molecule has 1 atom stereocenters. The van der Waals surface area contributed by atoms with Gasteiger partial charge < -0.3 is 14.6 Å². The Balaban J connectivity index is 1.64. The Kier molecular flexibility index (Phi) is 7.30. The third kappa shape index (κ3) is 5.83. The minimum absolute atomic E-state index is 0.00254. The van der Waals surface area contributed by atoms with Crippen molar-refractivity contribution in [1.82, 2.24) is 10.2 Å². The van der Waals surface area contributed by atoms with Gasteiger partial charge in [-0.3, -0.25) is 4.79 Å². The number of hydrogen-bond donors (Lipinski definition) is 1. The maximum absolute atomic E-state index is 12.6. The van der Waals surface area contributed by atoms with Gasteiger partial charge in [-0.1, -0.05) is 49.4 Å². The topological polar surface area (TPSA) is 79.6 Å². The SMILES string of the molecule is CCc1ccc(C(CNC(=O)c2ccc(CS(=O)(=O)c3ccccc3)o2)N(C)C)cc1. The number of furan rings is 1. The third-order valence-corrected chi connectivity index (χ3v) is 6.83. The Hall–Kier alpha value is -2.90. The molecule has 1 heterocycles. The van der Waals surface area contributed by atoms with Crippen LogP contribution in [0.25, 0.3) is 0 Å². The molecule has 1 aromatic heterocycles. The summed E-state index contributed by atoms with van der Waals surface area (Å²) in [7, 11) is 0.388. The number of carbonyl (C=O) groups is 1. The lowest BCUT2D eigenvalue weighted by molar-refractivity contribution is 0.0912. The maximum atomic E-state index is 12.6. The van der Waals surface area contributed by atoms with Crippen molar-refractivity contribution in [2.45, 2.75) is 30.0 Å². The first kappa shape index (κ1) is 22.8. The van der Waals surface area contributed by atoms with Crippen molar-refractivity contribution in [2.75, 3.05) is 20.6 Å². The minimum Gasteiger partial charge on any atom is -0.455 e. The maximum Gasteiger partial charge on any atom is 0.287 e. The van der Waals surface area contributed by atoms with Crippen molar-refractivity contribution in [3.05, 3.63) is 89.4 Å². The van der Waals surface area contributed by atoms with Crippen LogP contribution in [0.2, 0.25) is 0 Å². The Morgan fingerprint density at radius 3 is 2.29 bits per heavy atom. The van der Waals surface area contributed by atoms with Crippen LogP contribution >= 0.6 is 0 Å². The first-order chi connectivity index (χ1) is 14.8. The first-order valence-corrected chi connectivity index (χ1v) is 11.9. The molecule has 0 aliphatic heterocycles. The molecule has 0 aliphatic rings. The van der Waals surface area contributed by atoms with Gasteiger partial charge in [0.2, 0.25) is 0 Å². The molecule has 1 N–H and O–H groups in total. The number of nitrogens with zero attached hydrogens (tertiary/aromatic N) is 1. The van der Waals surface area contributed by atoms with E-state index >= 15 is 0 Å². The van der Waals surface area contributed by atoms with Crippen LogP contribution in [0.5, 0.6) is 0 Å². The molecule has 2 aromatic carbocycles. The summed E-state index contributed by atoms with van der Waals surface area (Å²) in [6.45, 7) is 2.51. The van der Waals surface area contributed by atoms with Crippen LogP contribution in [0.15, 0.2) is 76.0 Å². The monoisotopic (exact) mass is 440 g/mol. The number of hydrogen-bond acceptors (Lipinski definition) is 5. The number of nitrogens with one attached hydrogen (secondary N) is 1. The number of amides is 1. The molecule has 0 aliphatic carbocycles. The van der Waals surface area contributed by atoms with E-state index in [4.69, 9.17) is 4.42 Å². The van der Waals surface area contributed by atoms with Crippen LogP contribution in [-0.4, -0.2) is 39.9 Å².